The molecule has 98 valence electrons. The Hall–Kier alpha value is -2.34. The molecule has 0 aliphatic heterocycles. The number of rotatable bonds is 4. The number of hydrogen-bond acceptors (Lipinski definition) is 4. The van der Waals surface area contributed by atoms with Crippen LogP contribution < -0.4 is 5.32 Å². The molecule has 0 fully saturated rings. The van der Waals surface area contributed by atoms with Gasteiger partial charge in [-0.1, -0.05) is 23.7 Å². The molecule has 1 aromatic carbocycles. The van der Waals surface area contributed by atoms with Crippen molar-refractivity contribution in [1.29, 1.82) is 0 Å². The van der Waals surface area contributed by atoms with Crippen LogP contribution in [0.15, 0.2) is 35.1 Å². The van der Waals surface area contributed by atoms with Crippen molar-refractivity contribution in [3.05, 3.63) is 41.4 Å². The maximum atomic E-state index is 11.8. The summed E-state index contributed by atoms with van der Waals surface area (Å²) in [5, 5.41) is 11.1. The predicted molar refractivity (Wildman–Crippen MR) is 66.9 cm³/mol. The molecule has 2 rings (SSSR count). The summed E-state index contributed by atoms with van der Waals surface area (Å²) >= 11 is 6.01. The van der Waals surface area contributed by atoms with Gasteiger partial charge < -0.3 is 14.8 Å². The van der Waals surface area contributed by atoms with Gasteiger partial charge in [0.15, 0.2) is 17.8 Å². The zero-order chi connectivity index (χ0) is 13.8. The Morgan fingerprint density at radius 2 is 2.11 bits per heavy atom. The third-order valence-electron chi connectivity index (χ3n) is 2.30. The second kappa shape index (κ2) is 5.53. The Morgan fingerprint density at radius 3 is 2.79 bits per heavy atom. The van der Waals surface area contributed by atoms with Crippen molar-refractivity contribution in [1.82, 2.24) is 10.3 Å². The van der Waals surface area contributed by atoms with Crippen molar-refractivity contribution in [2.75, 3.05) is 6.54 Å². The largest absolute Gasteiger partial charge is 0.480 e. The molecule has 2 N–H and O–H groups in total. The summed E-state index contributed by atoms with van der Waals surface area (Å²) < 4.78 is 5.16. The van der Waals surface area contributed by atoms with E-state index in [1.807, 2.05) is 0 Å². The Bertz CT molecular complexity index is 624. The van der Waals surface area contributed by atoms with Crippen molar-refractivity contribution in [2.24, 2.45) is 0 Å². The smallest absolute Gasteiger partial charge is 0.322 e. The molecular formula is C12H9ClN2O4. The first-order valence-electron chi connectivity index (χ1n) is 5.28. The molecule has 0 atom stereocenters. The van der Waals surface area contributed by atoms with Gasteiger partial charge >= 0.3 is 5.97 Å². The molecule has 2 aromatic rings. The Kier molecular flexibility index (Phi) is 3.82. The van der Waals surface area contributed by atoms with Crippen LogP contribution in [0.5, 0.6) is 0 Å². The van der Waals surface area contributed by atoms with Crippen LogP contribution in [-0.2, 0) is 4.79 Å². The number of aromatic nitrogens is 1. The van der Waals surface area contributed by atoms with E-state index < -0.39 is 18.4 Å². The van der Waals surface area contributed by atoms with Gasteiger partial charge in [0.1, 0.15) is 6.54 Å². The van der Waals surface area contributed by atoms with E-state index in [-0.39, 0.29) is 11.5 Å². The van der Waals surface area contributed by atoms with Gasteiger partial charge in [-0.2, -0.15) is 0 Å². The fraction of sp³-hybridized carbons (Fsp3) is 0.0833. The zero-order valence-corrected chi connectivity index (χ0v) is 10.3. The fourth-order valence-corrected chi connectivity index (χ4v) is 1.71. The number of carbonyl (C=O) groups is 2. The van der Waals surface area contributed by atoms with E-state index in [0.717, 1.165) is 6.39 Å². The van der Waals surface area contributed by atoms with Crippen molar-refractivity contribution < 1.29 is 19.1 Å². The monoisotopic (exact) mass is 280 g/mol. The molecule has 0 unspecified atom stereocenters. The molecule has 0 spiro atoms. The lowest BCUT2D eigenvalue weighted by Gasteiger charge is -2.03. The topological polar surface area (TPSA) is 92.4 Å². The van der Waals surface area contributed by atoms with E-state index >= 15 is 0 Å². The number of oxazole rings is 1. The normalized spacial score (nSPS) is 10.2. The quantitative estimate of drug-likeness (QED) is 0.891. The van der Waals surface area contributed by atoms with Crippen LogP contribution in [0.1, 0.15) is 10.5 Å². The molecule has 1 amide bonds. The fourth-order valence-electron chi connectivity index (χ4n) is 1.48. The van der Waals surface area contributed by atoms with Crippen LogP contribution in [0, 0.1) is 0 Å². The minimum absolute atomic E-state index is 0.00523. The number of amides is 1. The lowest BCUT2D eigenvalue weighted by molar-refractivity contribution is -0.135. The summed E-state index contributed by atoms with van der Waals surface area (Å²) in [5.74, 6) is -1.57. The van der Waals surface area contributed by atoms with Crippen LogP contribution in [0.3, 0.4) is 0 Å². The van der Waals surface area contributed by atoms with Crippen molar-refractivity contribution in [3.63, 3.8) is 0 Å². The first kappa shape index (κ1) is 13.1. The molecule has 1 heterocycles. The number of carboxylic acids is 1. The van der Waals surface area contributed by atoms with Crippen molar-refractivity contribution in [2.45, 2.75) is 0 Å². The van der Waals surface area contributed by atoms with Crippen molar-refractivity contribution in [3.8, 4) is 11.3 Å². The van der Waals surface area contributed by atoms with Crippen LogP contribution in [-0.4, -0.2) is 28.5 Å². The minimum atomic E-state index is -1.14. The standard InChI is InChI=1S/C12H9ClN2O4/c13-8-4-2-1-3-7(8)11-10(15-6-19-11)12(18)14-5-9(16)17/h1-4,6H,5H2,(H,14,18)(H,16,17). The van der Waals surface area contributed by atoms with E-state index in [9.17, 15) is 9.59 Å². The Labute approximate surface area is 113 Å². The van der Waals surface area contributed by atoms with Gasteiger partial charge in [0.2, 0.25) is 0 Å². The Morgan fingerprint density at radius 1 is 1.37 bits per heavy atom. The van der Waals surface area contributed by atoms with Crippen molar-refractivity contribution >= 4 is 23.5 Å². The molecule has 1 aromatic heterocycles. The first-order chi connectivity index (χ1) is 9.09. The highest BCUT2D eigenvalue weighted by molar-refractivity contribution is 6.33. The van der Waals surface area contributed by atoms with Gasteiger partial charge in [-0.05, 0) is 12.1 Å². The summed E-state index contributed by atoms with van der Waals surface area (Å²) in [4.78, 5) is 26.0. The molecule has 0 aliphatic rings. The third kappa shape index (κ3) is 2.92. The first-order valence-corrected chi connectivity index (χ1v) is 5.65. The SMILES string of the molecule is O=C(O)CNC(=O)c1ncoc1-c1ccccc1Cl. The summed E-state index contributed by atoms with van der Waals surface area (Å²) in [5.41, 5.74) is 0.511. The van der Waals surface area contributed by atoms with Crippen LogP contribution in [0.2, 0.25) is 5.02 Å². The van der Waals surface area contributed by atoms with Gasteiger partial charge in [0.05, 0.1) is 5.02 Å². The molecule has 0 aliphatic carbocycles. The number of carboxylic acid groups (broad SMARTS) is 1. The maximum Gasteiger partial charge on any atom is 0.322 e. The molecule has 19 heavy (non-hydrogen) atoms. The number of nitrogens with zero attached hydrogens (tertiary/aromatic N) is 1. The highest BCUT2D eigenvalue weighted by Gasteiger charge is 2.20. The number of benzene rings is 1. The lowest BCUT2D eigenvalue weighted by Crippen LogP contribution is -2.29. The predicted octanol–water partition coefficient (Wildman–Crippen LogP) is 1.81. The van der Waals surface area contributed by atoms with Crippen LogP contribution in [0.4, 0.5) is 0 Å². The van der Waals surface area contributed by atoms with Gasteiger partial charge in [-0.25, -0.2) is 4.98 Å². The van der Waals surface area contributed by atoms with Gasteiger partial charge in [0.25, 0.3) is 5.91 Å². The van der Waals surface area contributed by atoms with E-state index in [4.69, 9.17) is 21.1 Å². The second-order valence-corrected chi connectivity index (χ2v) is 3.99. The lowest BCUT2D eigenvalue weighted by atomic mass is 10.1. The number of carbonyl (C=O) groups excluding carboxylic acids is 1. The summed E-state index contributed by atoms with van der Waals surface area (Å²) in [7, 11) is 0. The molecule has 7 heteroatoms. The van der Waals surface area contributed by atoms with Gasteiger partial charge in [-0.15, -0.1) is 0 Å². The zero-order valence-electron chi connectivity index (χ0n) is 9.59. The van der Waals surface area contributed by atoms with Gasteiger partial charge in [-0.3, -0.25) is 9.59 Å². The Balaban J connectivity index is 2.30. The molecular weight excluding hydrogens is 272 g/mol. The summed E-state index contributed by atoms with van der Waals surface area (Å²) in [6.45, 7) is -0.492. The molecule has 6 nitrogen and oxygen atoms in total. The van der Waals surface area contributed by atoms with Crippen LogP contribution in [0.25, 0.3) is 11.3 Å². The highest BCUT2D eigenvalue weighted by Crippen LogP contribution is 2.29. The number of aliphatic carboxylic acids is 1. The number of hydrogen-bond donors (Lipinski definition) is 2. The summed E-state index contributed by atoms with van der Waals surface area (Å²) in [6.07, 6.45) is 1.11. The number of halogens is 1. The van der Waals surface area contributed by atoms with Gasteiger partial charge in [0, 0.05) is 5.56 Å². The summed E-state index contributed by atoms with van der Waals surface area (Å²) in [6, 6.07) is 6.81. The molecule has 0 bridgehead atoms. The maximum absolute atomic E-state index is 11.8. The number of nitrogens with one attached hydrogen (secondary N) is 1. The minimum Gasteiger partial charge on any atom is -0.480 e. The average Bonchev–Trinajstić information content (AvgIpc) is 2.85. The van der Waals surface area contributed by atoms with Crippen LogP contribution >= 0.6 is 11.6 Å². The van der Waals surface area contributed by atoms with E-state index in [2.05, 4.69) is 10.3 Å². The average molecular weight is 281 g/mol. The van der Waals surface area contributed by atoms with E-state index in [1.54, 1.807) is 24.3 Å². The highest BCUT2D eigenvalue weighted by atomic mass is 35.5. The molecule has 0 saturated carbocycles. The molecule has 0 radical (unpaired) electrons. The molecule has 0 saturated heterocycles. The van der Waals surface area contributed by atoms with E-state index in [1.165, 1.54) is 0 Å². The second-order valence-electron chi connectivity index (χ2n) is 3.59. The third-order valence-corrected chi connectivity index (χ3v) is 2.63. The van der Waals surface area contributed by atoms with E-state index in [0.29, 0.717) is 10.6 Å².